The Hall–Kier alpha value is -1.85. The van der Waals surface area contributed by atoms with E-state index in [1.165, 1.54) is 19.2 Å². The van der Waals surface area contributed by atoms with Crippen molar-refractivity contribution in [2.24, 2.45) is 5.92 Å². The lowest BCUT2D eigenvalue weighted by Crippen LogP contribution is -2.12. The summed E-state index contributed by atoms with van der Waals surface area (Å²) in [5.41, 5.74) is 0.598. The van der Waals surface area contributed by atoms with Gasteiger partial charge in [0.2, 0.25) is 0 Å². The highest BCUT2D eigenvalue weighted by Gasteiger charge is 2.15. The first kappa shape index (κ1) is 14.2. The van der Waals surface area contributed by atoms with Crippen LogP contribution in [0.1, 0.15) is 12.5 Å². The summed E-state index contributed by atoms with van der Waals surface area (Å²) in [4.78, 5) is 10.7. The largest absolute Gasteiger partial charge is 0.493 e. The zero-order valence-electron chi connectivity index (χ0n) is 10.0. The van der Waals surface area contributed by atoms with Crippen LogP contribution in [0, 0.1) is 5.92 Å². The fraction of sp³-hybridized carbons (Fsp3) is 0.417. The summed E-state index contributed by atoms with van der Waals surface area (Å²) in [7, 11) is 1.34. The number of aliphatic carboxylic acids is 1. The van der Waals surface area contributed by atoms with Gasteiger partial charge in [-0.3, -0.25) is 4.79 Å². The Labute approximate surface area is 103 Å². The van der Waals surface area contributed by atoms with Gasteiger partial charge in [-0.1, -0.05) is 13.0 Å². The number of hydrogen-bond donors (Lipinski definition) is 1. The molecule has 4 nitrogen and oxygen atoms in total. The lowest BCUT2D eigenvalue weighted by Gasteiger charge is -2.12. The highest BCUT2D eigenvalue weighted by Crippen LogP contribution is 2.30. The van der Waals surface area contributed by atoms with Gasteiger partial charge in [0.15, 0.2) is 11.5 Å². The van der Waals surface area contributed by atoms with Crippen molar-refractivity contribution in [1.82, 2.24) is 0 Å². The van der Waals surface area contributed by atoms with Crippen LogP contribution in [0.4, 0.5) is 8.78 Å². The van der Waals surface area contributed by atoms with Crippen molar-refractivity contribution in [2.45, 2.75) is 20.0 Å². The smallest absolute Gasteiger partial charge is 0.387 e. The molecule has 0 aliphatic heterocycles. The van der Waals surface area contributed by atoms with Crippen LogP contribution in [0.25, 0.3) is 0 Å². The van der Waals surface area contributed by atoms with E-state index in [9.17, 15) is 13.6 Å². The van der Waals surface area contributed by atoms with Crippen molar-refractivity contribution < 1.29 is 28.2 Å². The minimum atomic E-state index is -2.95. The number of carboxylic acid groups (broad SMARTS) is 1. The van der Waals surface area contributed by atoms with Crippen molar-refractivity contribution in [3.05, 3.63) is 23.8 Å². The molecule has 6 heteroatoms. The molecular formula is C12H14F2O4. The number of benzene rings is 1. The van der Waals surface area contributed by atoms with Crippen LogP contribution in [0.5, 0.6) is 11.5 Å². The van der Waals surface area contributed by atoms with E-state index in [0.29, 0.717) is 5.56 Å². The van der Waals surface area contributed by atoms with Gasteiger partial charge in [0, 0.05) is 0 Å². The Bertz CT molecular complexity index is 421. The highest BCUT2D eigenvalue weighted by molar-refractivity contribution is 5.70. The predicted molar refractivity (Wildman–Crippen MR) is 60.1 cm³/mol. The molecule has 1 rings (SSSR count). The Morgan fingerprint density at radius 1 is 1.39 bits per heavy atom. The molecule has 18 heavy (non-hydrogen) atoms. The number of alkyl halides is 2. The Balaban J connectivity index is 2.91. The minimum absolute atomic E-state index is 0.0948. The third-order valence-electron chi connectivity index (χ3n) is 2.41. The maximum absolute atomic E-state index is 12.2. The minimum Gasteiger partial charge on any atom is -0.493 e. The molecule has 1 aromatic carbocycles. The van der Waals surface area contributed by atoms with Crippen molar-refractivity contribution in [3.8, 4) is 11.5 Å². The molecule has 0 aromatic heterocycles. The number of rotatable bonds is 6. The summed E-state index contributed by atoms with van der Waals surface area (Å²) in [5, 5.41) is 8.78. The van der Waals surface area contributed by atoms with Crippen LogP contribution in [0.15, 0.2) is 18.2 Å². The van der Waals surface area contributed by atoms with E-state index in [1.54, 1.807) is 13.0 Å². The van der Waals surface area contributed by atoms with Crippen LogP contribution in [0.2, 0.25) is 0 Å². The molecule has 1 N–H and O–H groups in total. The normalized spacial score (nSPS) is 12.3. The standard InChI is InChI=1S/C12H14F2O4/c1-7(11(15)16)5-8-3-4-9(17-2)10(6-8)18-12(13)14/h3-4,6-7,12H,5H2,1-2H3,(H,15,16). The molecule has 0 bridgehead atoms. The second kappa shape index (κ2) is 6.18. The van der Waals surface area contributed by atoms with Crippen molar-refractivity contribution in [1.29, 1.82) is 0 Å². The van der Waals surface area contributed by atoms with Crippen LogP contribution >= 0.6 is 0 Å². The number of hydrogen-bond acceptors (Lipinski definition) is 3. The van der Waals surface area contributed by atoms with E-state index in [0.717, 1.165) is 0 Å². The molecule has 0 saturated carbocycles. The molecule has 100 valence electrons. The van der Waals surface area contributed by atoms with Gasteiger partial charge in [0.25, 0.3) is 0 Å². The molecule has 0 amide bonds. The Kier molecular flexibility index (Phi) is 4.88. The molecule has 1 aromatic rings. The summed E-state index contributed by atoms with van der Waals surface area (Å²) < 4.78 is 33.6. The molecule has 1 unspecified atom stereocenters. The number of carbonyl (C=O) groups is 1. The molecule has 0 heterocycles. The zero-order chi connectivity index (χ0) is 13.7. The third-order valence-corrected chi connectivity index (χ3v) is 2.41. The molecule has 0 spiro atoms. The topological polar surface area (TPSA) is 55.8 Å². The lowest BCUT2D eigenvalue weighted by molar-refractivity contribution is -0.141. The quantitative estimate of drug-likeness (QED) is 0.854. The fourth-order valence-electron chi connectivity index (χ4n) is 1.48. The van der Waals surface area contributed by atoms with Gasteiger partial charge in [-0.25, -0.2) is 0 Å². The molecule has 0 fully saturated rings. The maximum Gasteiger partial charge on any atom is 0.387 e. The van der Waals surface area contributed by atoms with Gasteiger partial charge in [0.1, 0.15) is 0 Å². The molecule has 1 atom stereocenters. The van der Waals surface area contributed by atoms with Gasteiger partial charge < -0.3 is 14.6 Å². The maximum atomic E-state index is 12.2. The molecule has 0 saturated heterocycles. The van der Waals surface area contributed by atoms with Crippen LogP contribution < -0.4 is 9.47 Å². The monoisotopic (exact) mass is 260 g/mol. The first-order chi connectivity index (χ1) is 8.43. The van der Waals surface area contributed by atoms with Crippen molar-refractivity contribution in [2.75, 3.05) is 7.11 Å². The van der Waals surface area contributed by atoms with Gasteiger partial charge in [0.05, 0.1) is 13.0 Å². The van der Waals surface area contributed by atoms with Crippen LogP contribution in [-0.4, -0.2) is 24.8 Å². The van der Waals surface area contributed by atoms with Crippen molar-refractivity contribution >= 4 is 5.97 Å². The summed E-state index contributed by atoms with van der Waals surface area (Å²) in [6, 6.07) is 4.46. The first-order valence-corrected chi connectivity index (χ1v) is 5.28. The second-order valence-electron chi connectivity index (χ2n) is 3.81. The average Bonchev–Trinajstić information content (AvgIpc) is 2.28. The van der Waals surface area contributed by atoms with E-state index >= 15 is 0 Å². The summed E-state index contributed by atoms with van der Waals surface area (Å²) in [6.07, 6.45) is 0.235. The number of carboxylic acids is 1. The molecule has 0 radical (unpaired) electrons. The SMILES string of the molecule is COc1ccc(CC(C)C(=O)O)cc1OC(F)F. The van der Waals surface area contributed by atoms with E-state index < -0.39 is 18.5 Å². The van der Waals surface area contributed by atoms with Gasteiger partial charge in [-0.05, 0) is 24.1 Å². The summed E-state index contributed by atoms with van der Waals surface area (Å²) in [6.45, 7) is -1.41. The van der Waals surface area contributed by atoms with Crippen LogP contribution in [0.3, 0.4) is 0 Å². The molecule has 0 aliphatic rings. The predicted octanol–water partition coefficient (Wildman–Crippen LogP) is 2.56. The Morgan fingerprint density at radius 2 is 2.06 bits per heavy atom. The molecular weight excluding hydrogens is 246 g/mol. The molecule has 0 aliphatic carbocycles. The summed E-state index contributed by atoms with van der Waals surface area (Å²) in [5.74, 6) is -1.45. The highest BCUT2D eigenvalue weighted by atomic mass is 19.3. The van der Waals surface area contributed by atoms with E-state index in [1.807, 2.05) is 0 Å². The average molecular weight is 260 g/mol. The van der Waals surface area contributed by atoms with E-state index in [4.69, 9.17) is 9.84 Å². The summed E-state index contributed by atoms with van der Waals surface area (Å²) >= 11 is 0. The number of methoxy groups -OCH3 is 1. The zero-order valence-corrected chi connectivity index (χ0v) is 10.0. The van der Waals surface area contributed by atoms with E-state index in [-0.39, 0.29) is 17.9 Å². The van der Waals surface area contributed by atoms with Crippen molar-refractivity contribution in [3.63, 3.8) is 0 Å². The Morgan fingerprint density at radius 3 is 2.56 bits per heavy atom. The van der Waals surface area contributed by atoms with Gasteiger partial charge in [-0.2, -0.15) is 8.78 Å². The van der Waals surface area contributed by atoms with Gasteiger partial charge in [-0.15, -0.1) is 0 Å². The number of ether oxygens (including phenoxy) is 2. The van der Waals surface area contributed by atoms with Gasteiger partial charge >= 0.3 is 12.6 Å². The van der Waals surface area contributed by atoms with Crippen LogP contribution in [-0.2, 0) is 11.2 Å². The fourth-order valence-corrected chi connectivity index (χ4v) is 1.48. The van der Waals surface area contributed by atoms with E-state index in [2.05, 4.69) is 4.74 Å². The first-order valence-electron chi connectivity index (χ1n) is 5.28. The second-order valence-corrected chi connectivity index (χ2v) is 3.81. The third kappa shape index (κ3) is 3.87. The number of halogens is 2. The lowest BCUT2D eigenvalue weighted by atomic mass is 10.0.